The summed E-state index contributed by atoms with van der Waals surface area (Å²) in [5, 5.41) is 86.5. The number of unbranched alkanes of at least 4 members (excludes halogenated alkanes) is 18. The first-order valence-corrected chi connectivity index (χ1v) is 24.9. The molecule has 2 fully saturated rings. The number of allylic oxidation sites excluding steroid dienone is 7. The lowest BCUT2D eigenvalue weighted by Crippen LogP contribution is -2.65. The van der Waals surface area contributed by atoms with Crippen LogP contribution in [0, 0.1) is 0 Å². The molecular weight excluding hydrogens is 823 g/mol. The molecule has 14 heteroatoms. The van der Waals surface area contributed by atoms with Crippen molar-refractivity contribution < 1.29 is 64.6 Å². The number of carbonyl (C=O) groups excluding carboxylic acids is 1. The van der Waals surface area contributed by atoms with Gasteiger partial charge in [0, 0.05) is 6.42 Å². The molecule has 1 amide bonds. The van der Waals surface area contributed by atoms with E-state index in [4.69, 9.17) is 18.9 Å². The van der Waals surface area contributed by atoms with E-state index in [1.54, 1.807) is 6.08 Å². The Hall–Kier alpha value is -2.05. The van der Waals surface area contributed by atoms with Crippen molar-refractivity contribution in [2.45, 2.75) is 242 Å². The second-order valence-electron chi connectivity index (χ2n) is 17.6. The average molecular weight is 912 g/mol. The van der Waals surface area contributed by atoms with Gasteiger partial charge in [-0.2, -0.15) is 0 Å². The van der Waals surface area contributed by atoms with Crippen LogP contribution in [0.5, 0.6) is 0 Å². The van der Waals surface area contributed by atoms with Crippen LogP contribution in [0.1, 0.15) is 168 Å². The van der Waals surface area contributed by atoms with Crippen molar-refractivity contribution in [1.82, 2.24) is 5.32 Å². The van der Waals surface area contributed by atoms with Crippen molar-refractivity contribution in [2.75, 3.05) is 19.8 Å². The zero-order valence-corrected chi connectivity index (χ0v) is 39.3. The summed E-state index contributed by atoms with van der Waals surface area (Å²) < 4.78 is 22.6. The normalized spacial score (nSPS) is 27.7. The van der Waals surface area contributed by atoms with E-state index in [0.29, 0.717) is 12.8 Å². The van der Waals surface area contributed by atoms with Crippen molar-refractivity contribution in [3.8, 4) is 0 Å². The number of hydrogen-bond acceptors (Lipinski definition) is 13. The molecule has 2 aliphatic rings. The minimum Gasteiger partial charge on any atom is -0.394 e. The van der Waals surface area contributed by atoms with Crippen LogP contribution >= 0.6 is 0 Å². The van der Waals surface area contributed by atoms with E-state index in [9.17, 15) is 45.6 Å². The Morgan fingerprint density at radius 3 is 1.59 bits per heavy atom. The lowest BCUT2D eigenvalue weighted by Gasteiger charge is -2.46. The van der Waals surface area contributed by atoms with Gasteiger partial charge in [-0.25, -0.2) is 0 Å². The minimum atomic E-state index is -1.79. The third-order valence-electron chi connectivity index (χ3n) is 11.9. The summed E-state index contributed by atoms with van der Waals surface area (Å²) >= 11 is 0. The van der Waals surface area contributed by atoms with Crippen molar-refractivity contribution >= 4 is 5.91 Å². The first kappa shape index (κ1) is 58.1. The molecule has 2 heterocycles. The van der Waals surface area contributed by atoms with E-state index in [0.717, 1.165) is 70.6 Å². The molecule has 64 heavy (non-hydrogen) atoms. The number of aliphatic hydroxyl groups is 8. The quantitative estimate of drug-likeness (QED) is 0.0254. The van der Waals surface area contributed by atoms with Gasteiger partial charge in [-0.3, -0.25) is 4.79 Å². The summed E-state index contributed by atoms with van der Waals surface area (Å²) in [4.78, 5) is 13.1. The van der Waals surface area contributed by atoms with E-state index in [-0.39, 0.29) is 18.9 Å². The second kappa shape index (κ2) is 37.0. The summed E-state index contributed by atoms with van der Waals surface area (Å²) in [5.74, 6) is -0.268. The zero-order chi connectivity index (χ0) is 46.8. The molecule has 12 unspecified atom stereocenters. The Morgan fingerprint density at radius 2 is 1.03 bits per heavy atom. The van der Waals surface area contributed by atoms with Crippen LogP contribution < -0.4 is 5.32 Å². The summed E-state index contributed by atoms with van der Waals surface area (Å²) in [6.07, 6.45) is 26.0. The third kappa shape index (κ3) is 24.1. The van der Waals surface area contributed by atoms with Crippen LogP contribution in [0.2, 0.25) is 0 Å². The van der Waals surface area contributed by atoms with E-state index in [1.165, 1.54) is 64.2 Å². The Morgan fingerprint density at radius 1 is 0.547 bits per heavy atom. The number of carbonyl (C=O) groups is 1. The van der Waals surface area contributed by atoms with Crippen molar-refractivity contribution in [2.24, 2.45) is 0 Å². The van der Waals surface area contributed by atoms with Crippen molar-refractivity contribution in [1.29, 1.82) is 0 Å². The maximum atomic E-state index is 13.1. The van der Waals surface area contributed by atoms with Gasteiger partial charge in [-0.15, -0.1) is 0 Å². The van der Waals surface area contributed by atoms with E-state index in [2.05, 4.69) is 55.6 Å². The fourth-order valence-electron chi connectivity index (χ4n) is 7.85. The molecule has 0 aromatic rings. The number of ether oxygens (including phenoxy) is 4. The third-order valence-corrected chi connectivity index (χ3v) is 11.9. The van der Waals surface area contributed by atoms with Crippen LogP contribution in [0.4, 0.5) is 0 Å². The van der Waals surface area contributed by atoms with Gasteiger partial charge >= 0.3 is 0 Å². The second-order valence-corrected chi connectivity index (χ2v) is 17.6. The number of amides is 1. The SMILES string of the molecule is CCC/C=C\CCCCCCCC(=O)NC(COC1OC(CO)C(OC2OC(CO)C(O)C(O)C2O)C(O)C1O)C(O)/C=C/CC/C=C/CC/C=C/CCCCCCCCCCCC. The van der Waals surface area contributed by atoms with Gasteiger partial charge in [-0.05, 0) is 64.2 Å². The molecule has 9 N–H and O–H groups in total. The highest BCUT2D eigenvalue weighted by molar-refractivity contribution is 5.76. The fraction of sp³-hybridized carbons (Fsp3) is 0.820. The molecule has 372 valence electrons. The number of rotatable bonds is 37. The Labute approximate surface area is 384 Å². The van der Waals surface area contributed by atoms with E-state index >= 15 is 0 Å². The van der Waals surface area contributed by atoms with Crippen LogP contribution in [0.3, 0.4) is 0 Å². The van der Waals surface area contributed by atoms with Crippen LogP contribution in [0.15, 0.2) is 48.6 Å². The fourth-order valence-corrected chi connectivity index (χ4v) is 7.85. The van der Waals surface area contributed by atoms with E-state index in [1.807, 2.05) is 6.08 Å². The molecule has 0 bridgehead atoms. The first-order valence-electron chi connectivity index (χ1n) is 24.9. The molecule has 0 radical (unpaired) electrons. The first-order chi connectivity index (χ1) is 31.1. The number of aliphatic hydroxyl groups excluding tert-OH is 8. The highest BCUT2D eigenvalue weighted by Crippen LogP contribution is 2.30. The number of nitrogens with one attached hydrogen (secondary N) is 1. The van der Waals surface area contributed by atoms with Gasteiger partial charge in [0.1, 0.15) is 48.8 Å². The van der Waals surface area contributed by atoms with Gasteiger partial charge in [0.15, 0.2) is 12.6 Å². The summed E-state index contributed by atoms with van der Waals surface area (Å²) in [5.41, 5.74) is 0. The molecule has 2 rings (SSSR count). The summed E-state index contributed by atoms with van der Waals surface area (Å²) in [6, 6.07) is -0.940. The molecule has 2 saturated heterocycles. The molecule has 0 saturated carbocycles. The van der Waals surface area contributed by atoms with Crippen molar-refractivity contribution in [3.63, 3.8) is 0 Å². The Bertz CT molecular complexity index is 1260. The van der Waals surface area contributed by atoms with Gasteiger partial charge in [-0.1, -0.05) is 146 Å². The molecule has 12 atom stereocenters. The Balaban J connectivity index is 1.87. The predicted molar refractivity (Wildman–Crippen MR) is 249 cm³/mol. The standard InChI is InChI=1S/C50H89NO13/c1-3-5-7-9-11-13-15-16-17-18-19-20-21-22-23-24-25-27-29-31-33-39(54)38(51-42(55)34-32-30-28-26-14-12-10-8-6-4-2)37-61-49-47(60)45(58)48(41(36-53)63-49)64-50-46(59)44(57)43(56)40(35-52)62-50/h8,10,20-21,24-25,31,33,38-41,43-50,52-54,56-60H,3-7,9,11-19,22-23,26-30,32,34-37H2,1-2H3,(H,51,55)/b10-8-,21-20+,25-24+,33-31+. The van der Waals surface area contributed by atoms with Crippen LogP contribution in [0.25, 0.3) is 0 Å². The highest BCUT2D eigenvalue weighted by atomic mass is 16.7. The highest BCUT2D eigenvalue weighted by Gasteiger charge is 2.51. The monoisotopic (exact) mass is 912 g/mol. The predicted octanol–water partition coefficient (Wildman–Crippen LogP) is 6.10. The van der Waals surface area contributed by atoms with Crippen LogP contribution in [-0.4, -0.2) is 140 Å². The number of hydrogen-bond donors (Lipinski definition) is 9. The smallest absolute Gasteiger partial charge is 0.220 e. The molecular formula is C50H89NO13. The van der Waals surface area contributed by atoms with Crippen molar-refractivity contribution in [3.05, 3.63) is 48.6 Å². The lowest BCUT2D eigenvalue weighted by molar-refractivity contribution is -0.359. The van der Waals surface area contributed by atoms with Gasteiger partial charge < -0.3 is 65.1 Å². The van der Waals surface area contributed by atoms with E-state index < -0.39 is 86.8 Å². The molecule has 0 aliphatic carbocycles. The topological polar surface area (TPSA) is 228 Å². The maximum Gasteiger partial charge on any atom is 0.220 e. The minimum absolute atomic E-state index is 0.257. The van der Waals surface area contributed by atoms with Gasteiger partial charge in [0.2, 0.25) is 5.91 Å². The lowest BCUT2D eigenvalue weighted by atomic mass is 9.97. The molecule has 0 aromatic heterocycles. The average Bonchev–Trinajstić information content (AvgIpc) is 3.29. The Kier molecular flexibility index (Phi) is 33.6. The maximum absolute atomic E-state index is 13.1. The largest absolute Gasteiger partial charge is 0.394 e. The zero-order valence-electron chi connectivity index (χ0n) is 39.3. The summed E-state index contributed by atoms with van der Waals surface area (Å²) in [6.45, 7) is 2.67. The molecule has 2 aliphatic heterocycles. The molecule has 0 spiro atoms. The van der Waals surface area contributed by atoms with Gasteiger partial charge in [0.05, 0.1) is 32.0 Å². The van der Waals surface area contributed by atoms with Crippen LogP contribution in [-0.2, 0) is 23.7 Å². The van der Waals surface area contributed by atoms with Gasteiger partial charge in [0.25, 0.3) is 0 Å². The summed E-state index contributed by atoms with van der Waals surface area (Å²) in [7, 11) is 0. The molecule has 0 aromatic carbocycles. The molecule has 14 nitrogen and oxygen atoms in total.